The Hall–Kier alpha value is -8.83. The minimum absolute atomic E-state index is 0.355. The van der Waals surface area contributed by atoms with Crippen LogP contribution in [0.3, 0.4) is 0 Å². The molecular formula is C68H45NO2S. The van der Waals surface area contributed by atoms with Crippen LogP contribution in [0.5, 0.6) is 0 Å². The summed E-state index contributed by atoms with van der Waals surface area (Å²) in [6.07, 6.45) is 0. The van der Waals surface area contributed by atoms with E-state index >= 15 is 0 Å². The summed E-state index contributed by atoms with van der Waals surface area (Å²) < 4.78 is 15.4. The van der Waals surface area contributed by atoms with Crippen LogP contribution >= 0.6 is 11.3 Å². The summed E-state index contributed by atoms with van der Waals surface area (Å²) in [5.74, 6) is 0. The van der Waals surface area contributed by atoms with Crippen LogP contribution in [0.2, 0.25) is 0 Å². The van der Waals surface area contributed by atoms with E-state index in [1.165, 1.54) is 70.2 Å². The van der Waals surface area contributed by atoms with Crippen LogP contribution in [0.15, 0.2) is 239 Å². The number of fused-ring (bicyclic) bond motifs is 19. The molecule has 15 rings (SSSR count). The first kappa shape index (κ1) is 42.1. The van der Waals surface area contributed by atoms with Gasteiger partial charge in [0.1, 0.15) is 22.3 Å². The second-order valence-electron chi connectivity index (χ2n) is 19.1. The molecule has 2 aliphatic rings. The molecule has 13 aromatic rings. The zero-order valence-corrected chi connectivity index (χ0v) is 40.6. The fourth-order valence-electron chi connectivity index (χ4n) is 11.9. The highest BCUT2D eigenvalue weighted by atomic mass is 32.1. The minimum atomic E-state index is -0.355. The second kappa shape index (κ2) is 16.1. The van der Waals surface area contributed by atoms with Crippen molar-refractivity contribution in [2.75, 3.05) is 0 Å². The van der Waals surface area contributed by atoms with Crippen molar-refractivity contribution in [3.8, 4) is 33.4 Å². The van der Waals surface area contributed by atoms with E-state index in [1.54, 1.807) is 0 Å². The molecule has 0 unspecified atom stereocenters. The van der Waals surface area contributed by atoms with Gasteiger partial charge in [0.05, 0.1) is 11.1 Å². The standard InChI is InChI=1S/C53H33NO2.C15H12S/c1-31(35-17-11-23-49-51(35)40-16-6-10-22-47(40)55-49)54-32(2)36-18-12-24-50-52(36)42-30-34(26-28-48(42)56-50)33-25-27-46-41(29-33)39-15-5-9-21-45(39)53(46)43-19-7-3-13-37(43)38-14-4-8-20-44(38)53;1-10(2)11-7-8-15-13(9-11)12-5-3-4-6-14(12)16-15/h3-30H,2H2,1H3;3-9H,1H2,2H3. The van der Waals surface area contributed by atoms with Crippen LogP contribution in [0, 0.1) is 0 Å². The SMILES string of the molecule is C=C(C)c1ccc2sc3ccccc3c2c1.C=C(N=C(C)c1cccc2oc3ccccc3c12)c1cccc2oc3ccc(-c4ccc5c(c4)-c4ccccc4C54c5ccccc5-c5ccccc54)cc3c12. The van der Waals surface area contributed by atoms with E-state index in [0.29, 0.717) is 5.70 Å². The van der Waals surface area contributed by atoms with E-state index in [-0.39, 0.29) is 5.41 Å². The number of hydrogen-bond acceptors (Lipinski definition) is 4. The first-order chi connectivity index (χ1) is 35.3. The van der Waals surface area contributed by atoms with Crippen molar-refractivity contribution >= 4 is 92.4 Å². The number of hydrogen-bond donors (Lipinski definition) is 0. The summed E-state index contributed by atoms with van der Waals surface area (Å²) in [4.78, 5) is 5.14. The van der Waals surface area contributed by atoms with Crippen LogP contribution in [-0.2, 0) is 5.41 Å². The Morgan fingerprint density at radius 2 is 0.944 bits per heavy atom. The molecule has 0 saturated heterocycles. The number of aliphatic imine (C=N–C) groups is 1. The molecule has 1 spiro atoms. The van der Waals surface area contributed by atoms with Gasteiger partial charge in [0.2, 0.25) is 0 Å². The average molecular weight is 940 g/mol. The molecule has 2 aliphatic carbocycles. The summed E-state index contributed by atoms with van der Waals surface area (Å²) in [5, 5.41) is 6.91. The minimum Gasteiger partial charge on any atom is -0.456 e. The van der Waals surface area contributed by atoms with Crippen molar-refractivity contribution in [1.29, 1.82) is 0 Å². The predicted octanol–water partition coefficient (Wildman–Crippen LogP) is 19.1. The summed E-state index contributed by atoms with van der Waals surface area (Å²) in [6, 6.07) is 76.1. The molecule has 0 atom stereocenters. The van der Waals surface area contributed by atoms with E-state index in [2.05, 4.69) is 190 Å². The predicted molar refractivity (Wildman–Crippen MR) is 304 cm³/mol. The van der Waals surface area contributed by atoms with Crippen LogP contribution in [0.1, 0.15) is 52.8 Å². The zero-order chi connectivity index (χ0) is 48.2. The molecule has 0 N–H and O–H groups in total. The molecule has 340 valence electrons. The van der Waals surface area contributed by atoms with Gasteiger partial charge >= 0.3 is 0 Å². The molecule has 0 radical (unpaired) electrons. The first-order valence-corrected chi connectivity index (χ1v) is 25.3. The zero-order valence-electron chi connectivity index (χ0n) is 39.8. The van der Waals surface area contributed by atoms with Crippen LogP contribution in [0.4, 0.5) is 0 Å². The largest absolute Gasteiger partial charge is 0.456 e. The fourth-order valence-corrected chi connectivity index (χ4v) is 13.0. The van der Waals surface area contributed by atoms with Crippen molar-refractivity contribution in [2.24, 2.45) is 4.99 Å². The smallest absolute Gasteiger partial charge is 0.136 e. The number of nitrogens with zero attached hydrogens (tertiary/aromatic N) is 1. The van der Waals surface area contributed by atoms with Gasteiger partial charge in [0, 0.05) is 58.6 Å². The molecule has 0 bridgehead atoms. The molecule has 3 heterocycles. The maximum Gasteiger partial charge on any atom is 0.136 e. The molecule has 3 nitrogen and oxygen atoms in total. The number of rotatable bonds is 5. The second-order valence-corrected chi connectivity index (χ2v) is 20.2. The van der Waals surface area contributed by atoms with Gasteiger partial charge in [0.25, 0.3) is 0 Å². The van der Waals surface area contributed by atoms with E-state index in [4.69, 9.17) is 13.8 Å². The molecule has 0 saturated carbocycles. The van der Waals surface area contributed by atoms with Crippen LogP contribution in [0.25, 0.3) is 109 Å². The third-order valence-electron chi connectivity index (χ3n) is 15.1. The van der Waals surface area contributed by atoms with E-state index in [9.17, 15) is 0 Å². The number of allylic oxidation sites excluding steroid dienone is 1. The number of thiophene rings is 1. The van der Waals surface area contributed by atoms with Crippen molar-refractivity contribution in [2.45, 2.75) is 19.3 Å². The molecule has 0 fully saturated rings. The Bertz CT molecular complexity index is 4430. The van der Waals surface area contributed by atoms with Gasteiger partial charge in [-0.3, -0.25) is 4.99 Å². The van der Waals surface area contributed by atoms with Gasteiger partial charge in [-0.15, -0.1) is 11.3 Å². The van der Waals surface area contributed by atoms with Crippen molar-refractivity contribution in [1.82, 2.24) is 0 Å². The van der Waals surface area contributed by atoms with Crippen molar-refractivity contribution < 1.29 is 8.83 Å². The van der Waals surface area contributed by atoms with Gasteiger partial charge in [0.15, 0.2) is 0 Å². The lowest BCUT2D eigenvalue weighted by Crippen LogP contribution is -2.25. The van der Waals surface area contributed by atoms with Crippen molar-refractivity contribution in [3.63, 3.8) is 0 Å². The highest BCUT2D eigenvalue weighted by Gasteiger charge is 2.51. The summed E-state index contributed by atoms with van der Waals surface area (Å²) in [7, 11) is 0. The lowest BCUT2D eigenvalue weighted by molar-refractivity contribution is 0.668. The molecular weight excluding hydrogens is 895 g/mol. The lowest BCUT2D eigenvalue weighted by atomic mass is 9.70. The number of para-hydroxylation sites is 1. The Kier molecular flexibility index (Phi) is 9.42. The van der Waals surface area contributed by atoms with Gasteiger partial charge < -0.3 is 8.83 Å². The number of furan rings is 2. The molecule has 72 heavy (non-hydrogen) atoms. The topological polar surface area (TPSA) is 38.6 Å². The molecule has 3 aromatic heterocycles. The van der Waals surface area contributed by atoms with Crippen LogP contribution in [-0.4, -0.2) is 5.71 Å². The van der Waals surface area contributed by atoms with Crippen LogP contribution < -0.4 is 0 Å². The average Bonchev–Trinajstić information content (AvgIpc) is 4.24. The molecule has 0 amide bonds. The maximum absolute atomic E-state index is 6.47. The summed E-state index contributed by atoms with van der Waals surface area (Å²) >= 11 is 1.85. The normalized spacial score (nSPS) is 13.2. The Morgan fingerprint density at radius 1 is 0.417 bits per heavy atom. The highest BCUT2D eigenvalue weighted by Crippen LogP contribution is 2.63. The monoisotopic (exact) mass is 939 g/mol. The third-order valence-corrected chi connectivity index (χ3v) is 16.3. The summed E-state index contributed by atoms with van der Waals surface area (Å²) in [6.45, 7) is 12.6. The lowest BCUT2D eigenvalue weighted by Gasteiger charge is -2.30. The Labute approximate surface area is 421 Å². The van der Waals surface area contributed by atoms with Gasteiger partial charge in [-0.25, -0.2) is 0 Å². The van der Waals surface area contributed by atoms with E-state index in [0.717, 1.165) is 77.4 Å². The molecule has 10 aromatic carbocycles. The van der Waals surface area contributed by atoms with Crippen molar-refractivity contribution in [3.05, 3.63) is 264 Å². The molecule has 4 heteroatoms. The fraction of sp³-hybridized carbons (Fsp3) is 0.0441. The Balaban J connectivity index is 0.000000256. The molecule has 0 aliphatic heterocycles. The van der Waals surface area contributed by atoms with Gasteiger partial charge in [-0.1, -0.05) is 176 Å². The number of benzene rings is 10. The summed E-state index contributed by atoms with van der Waals surface area (Å²) in [5.41, 5.74) is 21.8. The van der Waals surface area contributed by atoms with E-state index in [1.807, 2.05) is 60.7 Å². The van der Waals surface area contributed by atoms with Gasteiger partial charge in [-0.05, 0) is 130 Å². The third kappa shape index (κ3) is 6.19. The maximum atomic E-state index is 6.47. The quantitative estimate of drug-likeness (QED) is 0.161. The highest BCUT2D eigenvalue weighted by molar-refractivity contribution is 7.25. The first-order valence-electron chi connectivity index (χ1n) is 24.5. The Morgan fingerprint density at radius 3 is 1.65 bits per heavy atom. The van der Waals surface area contributed by atoms with Gasteiger partial charge in [-0.2, -0.15) is 0 Å². The van der Waals surface area contributed by atoms with E-state index < -0.39 is 0 Å².